The van der Waals surface area contributed by atoms with Crippen molar-refractivity contribution < 1.29 is 14.0 Å². The molecule has 3 aromatic carbocycles. The van der Waals surface area contributed by atoms with E-state index in [-0.39, 0.29) is 29.1 Å². The Labute approximate surface area is 219 Å². The first kappa shape index (κ1) is 28.0. The van der Waals surface area contributed by atoms with Crippen LogP contribution in [-0.2, 0) is 20.6 Å². The van der Waals surface area contributed by atoms with E-state index in [0.29, 0.717) is 6.61 Å². The fraction of sp³-hybridized carbons (Fsp3) is 0.406. The molecular formula is C32H42O3Si. The highest BCUT2D eigenvalue weighted by molar-refractivity contribution is 6.99. The molecule has 0 spiro atoms. The highest BCUT2D eigenvalue weighted by Gasteiger charge is 2.52. The molecule has 0 aliphatic rings. The molecule has 3 aromatic rings. The highest BCUT2D eigenvalue weighted by atomic mass is 28.4. The fourth-order valence-corrected chi connectivity index (χ4v) is 10.2. The Kier molecular flexibility index (Phi) is 9.83. The number of carbonyl (C=O) groups is 1. The molecule has 0 radical (unpaired) electrons. The zero-order valence-corrected chi connectivity index (χ0v) is 23.7. The van der Waals surface area contributed by atoms with Gasteiger partial charge in [-0.3, -0.25) is 0 Å². The monoisotopic (exact) mass is 502 g/mol. The summed E-state index contributed by atoms with van der Waals surface area (Å²) in [5, 5.41) is 2.42. The van der Waals surface area contributed by atoms with Gasteiger partial charge in [0.05, 0.1) is 18.8 Å². The van der Waals surface area contributed by atoms with Crippen LogP contribution in [0.2, 0.25) is 5.04 Å². The van der Waals surface area contributed by atoms with Crippen molar-refractivity contribution in [3.63, 3.8) is 0 Å². The molecule has 0 aliphatic carbocycles. The van der Waals surface area contributed by atoms with Crippen molar-refractivity contribution >= 4 is 25.0 Å². The third-order valence-corrected chi connectivity index (χ3v) is 12.3. The molecular weight excluding hydrogens is 460 g/mol. The molecule has 0 fully saturated rings. The summed E-state index contributed by atoms with van der Waals surface area (Å²) in [6.07, 6.45) is 1.54. The normalized spacial score (nSPS) is 15.6. The summed E-state index contributed by atoms with van der Waals surface area (Å²) in [6, 6.07) is 31.6. The van der Waals surface area contributed by atoms with Gasteiger partial charge in [-0.1, -0.05) is 133 Å². The first-order chi connectivity index (χ1) is 17.2. The molecule has 0 bridgehead atoms. The van der Waals surface area contributed by atoms with Gasteiger partial charge in [0.1, 0.15) is 6.29 Å². The van der Waals surface area contributed by atoms with Crippen LogP contribution in [0.3, 0.4) is 0 Å². The van der Waals surface area contributed by atoms with Gasteiger partial charge in [0, 0.05) is 11.8 Å². The molecule has 4 heteroatoms. The molecule has 4 unspecified atom stereocenters. The lowest BCUT2D eigenvalue weighted by atomic mass is 9.89. The molecule has 0 N–H and O–H groups in total. The molecule has 3 rings (SSSR count). The van der Waals surface area contributed by atoms with Crippen molar-refractivity contribution in [2.75, 3.05) is 0 Å². The highest BCUT2D eigenvalue weighted by Crippen LogP contribution is 2.39. The maximum atomic E-state index is 11.9. The van der Waals surface area contributed by atoms with Crippen LogP contribution in [0.1, 0.15) is 53.5 Å². The minimum Gasteiger partial charge on any atom is -0.404 e. The molecule has 0 heterocycles. The topological polar surface area (TPSA) is 35.5 Å². The molecule has 0 saturated heterocycles. The number of carbonyl (C=O) groups excluding carboxylic acids is 1. The van der Waals surface area contributed by atoms with E-state index < -0.39 is 8.32 Å². The van der Waals surface area contributed by atoms with Crippen molar-refractivity contribution in [2.45, 2.75) is 71.8 Å². The van der Waals surface area contributed by atoms with E-state index in [1.807, 2.05) is 25.1 Å². The summed E-state index contributed by atoms with van der Waals surface area (Å²) < 4.78 is 13.9. The fourth-order valence-electron chi connectivity index (χ4n) is 5.32. The SMILES string of the molecule is CCC(O[Si](c1ccccc1)(c1ccccc1)C(C)(C)C)C(C)C(OCc1ccccc1)C(C)C=O. The summed E-state index contributed by atoms with van der Waals surface area (Å²) in [6.45, 7) is 13.7. The third-order valence-electron chi connectivity index (χ3n) is 7.27. The zero-order chi connectivity index (χ0) is 26.2. The number of hydrogen-bond acceptors (Lipinski definition) is 3. The molecule has 192 valence electrons. The van der Waals surface area contributed by atoms with Gasteiger partial charge in [-0.25, -0.2) is 0 Å². The van der Waals surface area contributed by atoms with Gasteiger partial charge < -0.3 is 14.0 Å². The van der Waals surface area contributed by atoms with Crippen LogP contribution in [0.4, 0.5) is 0 Å². The largest absolute Gasteiger partial charge is 0.404 e. The van der Waals surface area contributed by atoms with Crippen molar-refractivity contribution in [2.24, 2.45) is 11.8 Å². The summed E-state index contributed by atoms with van der Waals surface area (Å²) in [7, 11) is -2.72. The first-order valence-electron chi connectivity index (χ1n) is 13.1. The Balaban J connectivity index is 2.02. The maximum Gasteiger partial charge on any atom is 0.261 e. The van der Waals surface area contributed by atoms with Crippen LogP contribution < -0.4 is 10.4 Å². The van der Waals surface area contributed by atoms with E-state index >= 15 is 0 Å². The van der Waals surface area contributed by atoms with Gasteiger partial charge in [0.15, 0.2) is 0 Å². The second kappa shape index (κ2) is 12.6. The summed E-state index contributed by atoms with van der Waals surface area (Å²) in [5.41, 5.74) is 1.11. The van der Waals surface area contributed by atoms with E-state index in [9.17, 15) is 4.79 Å². The van der Waals surface area contributed by atoms with E-state index in [0.717, 1.165) is 18.3 Å². The maximum absolute atomic E-state index is 11.9. The number of hydrogen-bond donors (Lipinski definition) is 0. The molecule has 0 aromatic heterocycles. The lowest BCUT2D eigenvalue weighted by molar-refractivity contribution is -0.120. The van der Waals surface area contributed by atoms with Gasteiger partial charge in [-0.2, -0.15) is 0 Å². The van der Waals surface area contributed by atoms with Crippen LogP contribution in [0.15, 0.2) is 91.0 Å². The van der Waals surface area contributed by atoms with Gasteiger partial charge in [-0.15, -0.1) is 0 Å². The van der Waals surface area contributed by atoms with Crippen LogP contribution in [0.25, 0.3) is 0 Å². The number of benzene rings is 3. The van der Waals surface area contributed by atoms with Gasteiger partial charge in [0.2, 0.25) is 0 Å². The first-order valence-corrected chi connectivity index (χ1v) is 15.0. The Hall–Kier alpha value is -2.53. The lowest BCUT2D eigenvalue weighted by Gasteiger charge is -2.47. The second-order valence-corrected chi connectivity index (χ2v) is 15.1. The van der Waals surface area contributed by atoms with E-state index in [1.54, 1.807) is 0 Å². The van der Waals surface area contributed by atoms with Crippen LogP contribution in [-0.4, -0.2) is 26.8 Å². The van der Waals surface area contributed by atoms with Crippen molar-refractivity contribution in [1.29, 1.82) is 0 Å². The minimum absolute atomic E-state index is 0.0283. The van der Waals surface area contributed by atoms with Crippen molar-refractivity contribution in [3.8, 4) is 0 Å². The van der Waals surface area contributed by atoms with Crippen molar-refractivity contribution in [1.82, 2.24) is 0 Å². The Bertz CT molecular complexity index is 1010. The second-order valence-electron chi connectivity index (χ2n) is 10.8. The molecule has 4 atom stereocenters. The average Bonchev–Trinajstić information content (AvgIpc) is 2.90. The van der Waals surface area contributed by atoms with Crippen molar-refractivity contribution in [3.05, 3.63) is 96.6 Å². The molecule has 0 amide bonds. The van der Waals surface area contributed by atoms with Gasteiger partial charge in [-0.05, 0) is 27.4 Å². The summed E-state index contributed by atoms with van der Waals surface area (Å²) >= 11 is 0. The Morgan fingerprint density at radius 1 is 0.806 bits per heavy atom. The quantitative estimate of drug-likeness (QED) is 0.212. The smallest absolute Gasteiger partial charge is 0.261 e. The third kappa shape index (κ3) is 6.23. The minimum atomic E-state index is -2.72. The van der Waals surface area contributed by atoms with E-state index in [4.69, 9.17) is 9.16 Å². The van der Waals surface area contributed by atoms with Crippen LogP contribution >= 0.6 is 0 Å². The summed E-state index contributed by atoms with van der Waals surface area (Å²) in [4.78, 5) is 11.9. The number of ether oxygens (including phenoxy) is 1. The number of aldehydes is 1. The number of rotatable bonds is 12. The average molecular weight is 503 g/mol. The van der Waals surface area contributed by atoms with E-state index in [1.165, 1.54) is 10.4 Å². The summed E-state index contributed by atoms with van der Waals surface area (Å²) in [5.74, 6) is -0.207. The van der Waals surface area contributed by atoms with Gasteiger partial charge in [0.25, 0.3) is 8.32 Å². The molecule has 0 aliphatic heterocycles. The Morgan fingerprint density at radius 2 is 1.28 bits per heavy atom. The van der Waals surface area contributed by atoms with Crippen LogP contribution in [0, 0.1) is 11.8 Å². The lowest BCUT2D eigenvalue weighted by Crippen LogP contribution is -2.68. The predicted molar refractivity (Wildman–Crippen MR) is 152 cm³/mol. The van der Waals surface area contributed by atoms with E-state index in [2.05, 4.69) is 107 Å². The van der Waals surface area contributed by atoms with Crippen LogP contribution in [0.5, 0.6) is 0 Å². The zero-order valence-electron chi connectivity index (χ0n) is 22.7. The molecule has 3 nitrogen and oxygen atoms in total. The Morgan fingerprint density at radius 3 is 1.69 bits per heavy atom. The molecule has 36 heavy (non-hydrogen) atoms. The predicted octanol–water partition coefficient (Wildman–Crippen LogP) is 6.40. The van der Waals surface area contributed by atoms with Gasteiger partial charge >= 0.3 is 0 Å². The standard InChI is InChI=1S/C32H42O3Si/c1-7-30(26(3)31(25(2)23-33)34-24-27-17-11-8-12-18-27)35-36(32(4,5)6,28-19-13-9-14-20-28)29-21-15-10-16-22-29/h8-23,25-26,30-31H,7,24H2,1-6H3. The molecule has 0 saturated carbocycles.